The van der Waals surface area contributed by atoms with Crippen molar-refractivity contribution in [2.75, 3.05) is 19.6 Å². The van der Waals surface area contributed by atoms with Crippen molar-refractivity contribution in [3.63, 3.8) is 0 Å². The average molecular weight is 275 g/mol. The summed E-state index contributed by atoms with van der Waals surface area (Å²) in [5, 5.41) is 0. The first kappa shape index (κ1) is 15.0. The van der Waals surface area contributed by atoms with E-state index in [4.69, 9.17) is 4.74 Å². The lowest BCUT2D eigenvalue weighted by Crippen LogP contribution is -2.40. The molecule has 0 N–H and O–H groups in total. The predicted molar refractivity (Wildman–Crippen MR) is 80.4 cm³/mol. The summed E-state index contributed by atoms with van der Waals surface area (Å²) in [5.74, 6) is 0.185. The SMILES string of the molecule is CCN1CCC(C(CC)(OC(C)=O)c2ccccc2)C1. The molecule has 3 heteroatoms. The first-order valence-electron chi connectivity index (χ1n) is 7.59. The van der Waals surface area contributed by atoms with Crippen LogP contribution in [0.5, 0.6) is 0 Å². The fraction of sp³-hybridized carbons (Fsp3) is 0.588. The molecule has 0 aliphatic carbocycles. The average Bonchev–Trinajstić information content (AvgIpc) is 2.95. The Hall–Kier alpha value is -1.35. The molecule has 1 aromatic carbocycles. The molecule has 0 radical (unpaired) electrons. The largest absolute Gasteiger partial charge is 0.454 e. The Bertz CT molecular complexity index is 446. The van der Waals surface area contributed by atoms with Gasteiger partial charge in [0.1, 0.15) is 5.60 Å². The summed E-state index contributed by atoms with van der Waals surface area (Å²) >= 11 is 0. The second-order valence-electron chi connectivity index (χ2n) is 5.58. The predicted octanol–water partition coefficient (Wildman–Crippen LogP) is 3.20. The zero-order valence-electron chi connectivity index (χ0n) is 12.8. The first-order chi connectivity index (χ1) is 9.62. The Morgan fingerprint density at radius 1 is 1.35 bits per heavy atom. The van der Waals surface area contributed by atoms with E-state index in [9.17, 15) is 4.79 Å². The monoisotopic (exact) mass is 275 g/mol. The molecule has 2 unspecified atom stereocenters. The van der Waals surface area contributed by atoms with Crippen molar-refractivity contribution in [3.05, 3.63) is 35.9 Å². The van der Waals surface area contributed by atoms with Gasteiger partial charge in [-0.1, -0.05) is 44.2 Å². The van der Waals surface area contributed by atoms with E-state index < -0.39 is 5.60 Å². The van der Waals surface area contributed by atoms with Crippen LogP contribution in [0, 0.1) is 5.92 Å². The van der Waals surface area contributed by atoms with Gasteiger partial charge in [-0.3, -0.25) is 4.79 Å². The van der Waals surface area contributed by atoms with E-state index in [1.54, 1.807) is 0 Å². The van der Waals surface area contributed by atoms with E-state index in [0.717, 1.165) is 38.0 Å². The van der Waals surface area contributed by atoms with Gasteiger partial charge in [-0.25, -0.2) is 0 Å². The van der Waals surface area contributed by atoms with Crippen LogP contribution in [-0.4, -0.2) is 30.5 Å². The molecule has 1 aliphatic rings. The van der Waals surface area contributed by atoms with Crippen LogP contribution in [-0.2, 0) is 15.1 Å². The number of carbonyl (C=O) groups is 1. The van der Waals surface area contributed by atoms with Gasteiger partial charge in [-0.05, 0) is 31.5 Å². The van der Waals surface area contributed by atoms with Crippen LogP contribution in [0.2, 0.25) is 0 Å². The fourth-order valence-corrected chi connectivity index (χ4v) is 3.42. The molecule has 1 fully saturated rings. The Kier molecular flexibility index (Phi) is 4.81. The number of hydrogen-bond acceptors (Lipinski definition) is 3. The summed E-state index contributed by atoms with van der Waals surface area (Å²) in [4.78, 5) is 14.1. The van der Waals surface area contributed by atoms with Crippen LogP contribution in [0.25, 0.3) is 0 Å². The normalized spacial score (nSPS) is 22.4. The highest BCUT2D eigenvalue weighted by Crippen LogP contribution is 2.42. The highest BCUT2D eigenvalue weighted by molar-refractivity contribution is 5.67. The molecule has 20 heavy (non-hydrogen) atoms. The van der Waals surface area contributed by atoms with Crippen molar-refractivity contribution < 1.29 is 9.53 Å². The van der Waals surface area contributed by atoms with E-state index in [-0.39, 0.29) is 5.97 Å². The Morgan fingerprint density at radius 2 is 2.05 bits per heavy atom. The van der Waals surface area contributed by atoms with Gasteiger partial charge in [0, 0.05) is 19.4 Å². The molecule has 2 rings (SSSR count). The molecular weight excluding hydrogens is 250 g/mol. The topological polar surface area (TPSA) is 29.5 Å². The minimum Gasteiger partial charge on any atom is -0.454 e. The molecule has 2 atom stereocenters. The minimum atomic E-state index is -0.475. The lowest BCUT2D eigenvalue weighted by Gasteiger charge is -2.38. The number of ether oxygens (including phenoxy) is 1. The molecule has 1 heterocycles. The summed E-state index contributed by atoms with van der Waals surface area (Å²) in [6.07, 6.45) is 1.91. The van der Waals surface area contributed by atoms with Crippen LogP contribution in [0.3, 0.4) is 0 Å². The summed E-state index contributed by atoms with van der Waals surface area (Å²) in [5.41, 5.74) is 0.650. The van der Waals surface area contributed by atoms with Crippen LogP contribution in [0.4, 0.5) is 0 Å². The van der Waals surface area contributed by atoms with Crippen molar-refractivity contribution >= 4 is 5.97 Å². The quantitative estimate of drug-likeness (QED) is 0.773. The number of likely N-dealkylation sites (tertiary alicyclic amines) is 1. The zero-order chi connectivity index (χ0) is 14.6. The molecule has 0 spiro atoms. The minimum absolute atomic E-state index is 0.189. The van der Waals surface area contributed by atoms with Crippen molar-refractivity contribution in [1.82, 2.24) is 4.90 Å². The van der Waals surface area contributed by atoms with Gasteiger partial charge in [0.2, 0.25) is 0 Å². The maximum atomic E-state index is 11.7. The third-order valence-electron chi connectivity index (χ3n) is 4.49. The van der Waals surface area contributed by atoms with Crippen molar-refractivity contribution in [2.24, 2.45) is 5.92 Å². The molecule has 1 aromatic rings. The Morgan fingerprint density at radius 3 is 2.55 bits per heavy atom. The van der Waals surface area contributed by atoms with Gasteiger partial charge in [-0.2, -0.15) is 0 Å². The molecule has 1 aliphatic heterocycles. The smallest absolute Gasteiger partial charge is 0.303 e. The molecular formula is C17H25NO2. The van der Waals surface area contributed by atoms with E-state index >= 15 is 0 Å². The van der Waals surface area contributed by atoms with Crippen LogP contribution < -0.4 is 0 Å². The Balaban J connectivity index is 2.35. The number of rotatable bonds is 5. The highest BCUT2D eigenvalue weighted by atomic mass is 16.6. The molecule has 0 saturated carbocycles. The number of nitrogens with zero attached hydrogens (tertiary/aromatic N) is 1. The number of esters is 1. The van der Waals surface area contributed by atoms with Crippen LogP contribution in [0.1, 0.15) is 39.2 Å². The zero-order valence-corrected chi connectivity index (χ0v) is 12.8. The van der Waals surface area contributed by atoms with Crippen LogP contribution >= 0.6 is 0 Å². The van der Waals surface area contributed by atoms with Gasteiger partial charge in [0.15, 0.2) is 0 Å². The van der Waals surface area contributed by atoms with E-state index in [0.29, 0.717) is 5.92 Å². The van der Waals surface area contributed by atoms with Crippen LogP contribution in [0.15, 0.2) is 30.3 Å². The standard InChI is InChI=1S/C17H25NO2/c1-4-17(20-14(3)19,15-9-7-6-8-10-15)16-11-12-18(5-2)13-16/h6-10,16H,4-5,11-13H2,1-3H3. The maximum absolute atomic E-state index is 11.7. The maximum Gasteiger partial charge on any atom is 0.303 e. The number of carbonyl (C=O) groups excluding carboxylic acids is 1. The Labute approximate surface area is 121 Å². The highest BCUT2D eigenvalue weighted by Gasteiger charge is 2.44. The molecule has 3 nitrogen and oxygen atoms in total. The molecule has 1 saturated heterocycles. The van der Waals surface area contributed by atoms with Crippen molar-refractivity contribution in [1.29, 1.82) is 0 Å². The third-order valence-corrected chi connectivity index (χ3v) is 4.49. The summed E-state index contributed by atoms with van der Waals surface area (Å²) in [6, 6.07) is 10.2. The van der Waals surface area contributed by atoms with Gasteiger partial charge in [-0.15, -0.1) is 0 Å². The summed E-state index contributed by atoms with van der Waals surface area (Å²) < 4.78 is 5.88. The van der Waals surface area contributed by atoms with E-state index in [1.165, 1.54) is 6.92 Å². The second kappa shape index (κ2) is 6.40. The fourth-order valence-electron chi connectivity index (χ4n) is 3.42. The first-order valence-corrected chi connectivity index (χ1v) is 7.59. The second-order valence-corrected chi connectivity index (χ2v) is 5.58. The van der Waals surface area contributed by atoms with Gasteiger partial charge < -0.3 is 9.64 Å². The van der Waals surface area contributed by atoms with Gasteiger partial charge in [0.05, 0.1) is 0 Å². The lowest BCUT2D eigenvalue weighted by molar-refractivity contribution is -0.166. The van der Waals surface area contributed by atoms with Gasteiger partial charge >= 0.3 is 5.97 Å². The summed E-state index contributed by atoms with van der Waals surface area (Å²) in [6.45, 7) is 8.98. The number of hydrogen-bond donors (Lipinski definition) is 0. The molecule has 110 valence electrons. The lowest BCUT2D eigenvalue weighted by atomic mass is 9.78. The molecule has 0 amide bonds. The van der Waals surface area contributed by atoms with E-state index in [2.05, 4.69) is 30.9 Å². The van der Waals surface area contributed by atoms with Crippen molar-refractivity contribution in [3.8, 4) is 0 Å². The molecule has 0 aromatic heterocycles. The number of benzene rings is 1. The molecule has 0 bridgehead atoms. The van der Waals surface area contributed by atoms with E-state index in [1.807, 2.05) is 18.2 Å². The van der Waals surface area contributed by atoms with Crippen molar-refractivity contribution in [2.45, 2.75) is 39.2 Å². The van der Waals surface area contributed by atoms with Gasteiger partial charge in [0.25, 0.3) is 0 Å². The summed E-state index contributed by atoms with van der Waals surface area (Å²) in [7, 11) is 0. The third kappa shape index (κ3) is 2.88.